The van der Waals surface area contributed by atoms with Crippen LogP contribution in [0.2, 0.25) is 0 Å². The second-order valence-electron chi connectivity index (χ2n) is 7.66. The van der Waals surface area contributed by atoms with E-state index in [0.29, 0.717) is 16.1 Å². The van der Waals surface area contributed by atoms with E-state index >= 15 is 0 Å². The van der Waals surface area contributed by atoms with Crippen LogP contribution >= 0.6 is 11.3 Å². The molecule has 2 aromatic carbocycles. The number of carbonyl (C=O) groups excluding carboxylic acids is 1. The number of amides is 1. The van der Waals surface area contributed by atoms with E-state index in [1.165, 1.54) is 53.2 Å². The van der Waals surface area contributed by atoms with Gasteiger partial charge in [0.05, 0.1) is 27.9 Å². The number of thiazole rings is 1. The molecule has 0 radical (unpaired) electrons. The lowest BCUT2D eigenvalue weighted by Crippen LogP contribution is -2.26. The lowest BCUT2D eigenvalue weighted by Gasteiger charge is -2.16. The third-order valence-corrected chi connectivity index (χ3v) is 8.31. The molecule has 0 fully saturated rings. The van der Waals surface area contributed by atoms with Crippen molar-refractivity contribution in [2.45, 2.75) is 25.3 Å². The number of benzene rings is 2. The van der Waals surface area contributed by atoms with E-state index < -0.39 is 15.9 Å². The Labute approximate surface area is 190 Å². The molecule has 32 heavy (non-hydrogen) atoms. The standard InChI is InChI=1S/C23H23N3O4S2/c1-15-12-16(2)21-20(13-15)26(4)23(31-21)24-22(27)17-7-9-19(10-8-17)32(28,29)25(3)14-18-6-5-11-30-18/h5-13H,14H2,1-4H3. The third kappa shape index (κ3) is 4.19. The zero-order valence-electron chi connectivity index (χ0n) is 18.2. The van der Waals surface area contributed by atoms with E-state index in [-0.39, 0.29) is 11.4 Å². The smallest absolute Gasteiger partial charge is 0.279 e. The van der Waals surface area contributed by atoms with Gasteiger partial charge in [-0.05, 0) is 67.4 Å². The number of nitrogens with zero attached hydrogens (tertiary/aromatic N) is 3. The normalized spacial score (nSPS) is 12.7. The summed E-state index contributed by atoms with van der Waals surface area (Å²) in [5, 5.41) is 0. The van der Waals surface area contributed by atoms with E-state index in [9.17, 15) is 13.2 Å². The van der Waals surface area contributed by atoms with Crippen molar-refractivity contribution >= 4 is 37.5 Å². The van der Waals surface area contributed by atoms with Gasteiger partial charge < -0.3 is 8.98 Å². The number of sulfonamides is 1. The van der Waals surface area contributed by atoms with Crippen molar-refractivity contribution in [1.82, 2.24) is 8.87 Å². The Morgan fingerprint density at radius 1 is 1.16 bits per heavy atom. The molecule has 2 aromatic heterocycles. The van der Waals surface area contributed by atoms with E-state index in [1.54, 1.807) is 12.1 Å². The maximum Gasteiger partial charge on any atom is 0.279 e. The molecule has 0 spiro atoms. The summed E-state index contributed by atoms with van der Waals surface area (Å²) in [6.45, 7) is 4.19. The molecule has 0 atom stereocenters. The Morgan fingerprint density at radius 3 is 2.53 bits per heavy atom. The fourth-order valence-electron chi connectivity index (χ4n) is 3.48. The first-order valence-corrected chi connectivity index (χ1v) is 12.2. The third-order valence-electron chi connectivity index (χ3n) is 5.21. The topological polar surface area (TPSA) is 84.9 Å². The summed E-state index contributed by atoms with van der Waals surface area (Å²) in [6, 6.07) is 13.4. The van der Waals surface area contributed by atoms with Crippen molar-refractivity contribution in [1.29, 1.82) is 0 Å². The van der Waals surface area contributed by atoms with Gasteiger partial charge in [0.1, 0.15) is 5.76 Å². The van der Waals surface area contributed by atoms with Crippen LogP contribution < -0.4 is 4.80 Å². The van der Waals surface area contributed by atoms with Crippen LogP contribution in [-0.2, 0) is 23.6 Å². The van der Waals surface area contributed by atoms with Crippen LogP contribution in [0.25, 0.3) is 10.2 Å². The fraction of sp³-hybridized carbons (Fsp3) is 0.217. The first-order chi connectivity index (χ1) is 15.2. The number of hydrogen-bond donors (Lipinski definition) is 0. The van der Waals surface area contributed by atoms with Gasteiger partial charge in [-0.15, -0.1) is 0 Å². The number of fused-ring (bicyclic) bond motifs is 1. The minimum Gasteiger partial charge on any atom is -0.468 e. The summed E-state index contributed by atoms with van der Waals surface area (Å²) in [6.07, 6.45) is 1.50. The Kier molecular flexibility index (Phi) is 5.89. The number of rotatable bonds is 5. The molecule has 166 valence electrons. The first-order valence-electron chi connectivity index (χ1n) is 9.91. The van der Waals surface area contributed by atoms with Crippen molar-refractivity contribution in [3.05, 3.63) is 82.0 Å². The minimum absolute atomic E-state index is 0.0987. The van der Waals surface area contributed by atoms with Crippen molar-refractivity contribution < 1.29 is 17.6 Å². The average molecular weight is 470 g/mol. The highest BCUT2D eigenvalue weighted by atomic mass is 32.2. The summed E-state index contributed by atoms with van der Waals surface area (Å²) in [5.41, 5.74) is 3.64. The summed E-state index contributed by atoms with van der Waals surface area (Å²) in [5.74, 6) is 0.123. The van der Waals surface area contributed by atoms with E-state index in [4.69, 9.17) is 4.42 Å². The Hall–Kier alpha value is -3.01. The molecule has 2 heterocycles. The van der Waals surface area contributed by atoms with Crippen LogP contribution in [0.4, 0.5) is 0 Å². The molecular weight excluding hydrogens is 446 g/mol. The Morgan fingerprint density at radius 2 is 1.88 bits per heavy atom. The molecule has 0 saturated heterocycles. The van der Waals surface area contributed by atoms with Crippen LogP contribution in [0.3, 0.4) is 0 Å². The number of aromatic nitrogens is 1. The van der Waals surface area contributed by atoms with Crippen molar-refractivity contribution in [2.24, 2.45) is 12.0 Å². The van der Waals surface area contributed by atoms with Gasteiger partial charge >= 0.3 is 0 Å². The van der Waals surface area contributed by atoms with Gasteiger partial charge in [0.25, 0.3) is 5.91 Å². The van der Waals surface area contributed by atoms with Crippen LogP contribution in [-0.4, -0.2) is 30.2 Å². The molecule has 0 aliphatic carbocycles. The second-order valence-corrected chi connectivity index (χ2v) is 10.7. The van der Waals surface area contributed by atoms with Crippen molar-refractivity contribution in [3.63, 3.8) is 0 Å². The highest BCUT2D eigenvalue weighted by Crippen LogP contribution is 2.23. The molecule has 1 amide bonds. The lowest BCUT2D eigenvalue weighted by molar-refractivity contribution is 0.0998. The van der Waals surface area contributed by atoms with Gasteiger partial charge in [-0.25, -0.2) is 8.42 Å². The SMILES string of the molecule is Cc1cc(C)c2sc(=NC(=O)c3ccc(S(=O)(=O)N(C)Cc4ccco4)cc3)n(C)c2c1. The van der Waals surface area contributed by atoms with E-state index in [1.807, 2.05) is 25.5 Å². The Balaban J connectivity index is 1.60. The van der Waals surface area contributed by atoms with Gasteiger partial charge in [0, 0.05) is 19.7 Å². The quantitative estimate of drug-likeness (QED) is 0.442. The van der Waals surface area contributed by atoms with Crippen LogP contribution in [0.1, 0.15) is 27.2 Å². The van der Waals surface area contributed by atoms with Crippen LogP contribution in [0.15, 0.2) is 69.1 Å². The van der Waals surface area contributed by atoms with Gasteiger partial charge in [-0.3, -0.25) is 4.79 Å². The maximum absolute atomic E-state index is 12.8. The summed E-state index contributed by atoms with van der Waals surface area (Å²) < 4.78 is 35.0. The van der Waals surface area contributed by atoms with Crippen LogP contribution in [0.5, 0.6) is 0 Å². The first kappa shape index (κ1) is 22.2. The number of aryl methyl sites for hydroxylation is 3. The van der Waals surface area contributed by atoms with Gasteiger partial charge in [0.2, 0.25) is 10.0 Å². The van der Waals surface area contributed by atoms with Gasteiger partial charge in [-0.1, -0.05) is 17.4 Å². The number of furan rings is 1. The van der Waals surface area contributed by atoms with E-state index in [0.717, 1.165) is 21.3 Å². The summed E-state index contributed by atoms with van der Waals surface area (Å²) in [4.78, 5) is 17.7. The van der Waals surface area contributed by atoms with Crippen molar-refractivity contribution in [2.75, 3.05) is 7.05 Å². The maximum atomic E-state index is 12.8. The molecular formula is C23H23N3O4S2. The largest absolute Gasteiger partial charge is 0.468 e. The molecule has 9 heteroatoms. The highest BCUT2D eigenvalue weighted by molar-refractivity contribution is 7.89. The predicted octanol–water partition coefficient (Wildman–Crippen LogP) is 4.01. The van der Waals surface area contributed by atoms with E-state index in [2.05, 4.69) is 17.1 Å². The molecule has 0 aliphatic rings. The molecule has 4 aromatic rings. The summed E-state index contributed by atoms with van der Waals surface area (Å²) in [7, 11) is -0.353. The molecule has 7 nitrogen and oxygen atoms in total. The molecule has 0 bridgehead atoms. The van der Waals surface area contributed by atoms with Crippen molar-refractivity contribution in [3.8, 4) is 0 Å². The highest BCUT2D eigenvalue weighted by Gasteiger charge is 2.22. The number of hydrogen-bond acceptors (Lipinski definition) is 5. The minimum atomic E-state index is -3.72. The van der Waals surface area contributed by atoms with Gasteiger partial charge in [-0.2, -0.15) is 9.30 Å². The number of carbonyl (C=O) groups is 1. The molecule has 0 saturated carbocycles. The fourth-order valence-corrected chi connectivity index (χ4v) is 5.69. The second kappa shape index (κ2) is 8.50. The Bertz CT molecular complexity index is 1460. The predicted molar refractivity (Wildman–Crippen MR) is 124 cm³/mol. The monoisotopic (exact) mass is 469 g/mol. The average Bonchev–Trinajstić information content (AvgIpc) is 3.37. The lowest BCUT2D eigenvalue weighted by atomic mass is 10.1. The molecule has 0 unspecified atom stereocenters. The van der Waals surface area contributed by atoms with Gasteiger partial charge in [0.15, 0.2) is 4.80 Å². The zero-order valence-corrected chi connectivity index (χ0v) is 19.8. The molecule has 0 N–H and O–H groups in total. The molecule has 4 rings (SSSR count). The van der Waals surface area contributed by atoms with Crippen LogP contribution in [0, 0.1) is 13.8 Å². The zero-order chi connectivity index (χ0) is 23.0. The molecule has 0 aliphatic heterocycles. The summed E-state index contributed by atoms with van der Waals surface area (Å²) >= 11 is 1.46.